The predicted molar refractivity (Wildman–Crippen MR) is 113 cm³/mol. The topological polar surface area (TPSA) is 84.2 Å². The van der Waals surface area contributed by atoms with Crippen molar-refractivity contribution in [3.8, 4) is 17.6 Å². The van der Waals surface area contributed by atoms with Crippen LogP contribution in [0.1, 0.15) is 40.5 Å². The fraction of sp³-hybridized carbons (Fsp3) is 0.208. The fourth-order valence-corrected chi connectivity index (χ4v) is 3.92. The van der Waals surface area contributed by atoms with Gasteiger partial charge in [-0.25, -0.2) is 0 Å². The largest absolute Gasteiger partial charge is 0.573 e. The van der Waals surface area contributed by atoms with Gasteiger partial charge in [0.1, 0.15) is 17.6 Å². The van der Waals surface area contributed by atoms with E-state index >= 15 is 0 Å². The zero-order valence-corrected chi connectivity index (χ0v) is 17.4. The van der Waals surface area contributed by atoms with E-state index in [1.54, 1.807) is 30.5 Å². The first-order chi connectivity index (χ1) is 15.7. The van der Waals surface area contributed by atoms with E-state index in [1.165, 1.54) is 12.1 Å². The normalized spacial score (nSPS) is 17.3. The molecule has 1 aliphatic heterocycles. The Balaban J connectivity index is 1.64. The number of hydrogen-bond acceptors (Lipinski definition) is 5. The molecule has 0 fully saturated rings. The van der Waals surface area contributed by atoms with E-state index in [4.69, 9.17) is 4.74 Å². The number of ether oxygens (including phenoxy) is 2. The lowest BCUT2D eigenvalue weighted by Gasteiger charge is -2.36. The molecule has 0 saturated heterocycles. The molecule has 6 nitrogen and oxygen atoms in total. The number of aromatic nitrogens is 1. The van der Waals surface area contributed by atoms with Crippen molar-refractivity contribution in [1.29, 1.82) is 5.26 Å². The number of rotatable bonds is 4. The molecule has 1 N–H and O–H groups in total. The second-order valence-corrected chi connectivity index (χ2v) is 7.65. The van der Waals surface area contributed by atoms with Crippen molar-refractivity contribution < 1.29 is 27.4 Å². The van der Waals surface area contributed by atoms with Crippen LogP contribution in [0.3, 0.4) is 0 Å². The molecule has 2 aromatic carbocycles. The highest BCUT2D eigenvalue weighted by Gasteiger charge is 2.39. The van der Waals surface area contributed by atoms with Crippen LogP contribution in [0.4, 0.5) is 18.9 Å². The Labute approximate surface area is 187 Å². The summed E-state index contributed by atoms with van der Waals surface area (Å²) in [7, 11) is 0. The molecule has 9 heteroatoms. The van der Waals surface area contributed by atoms with Crippen LogP contribution < -0.4 is 14.8 Å². The molecule has 1 aliphatic rings. The molecule has 0 saturated carbocycles. The van der Waals surface area contributed by atoms with Crippen molar-refractivity contribution in [2.75, 3.05) is 11.9 Å². The van der Waals surface area contributed by atoms with Gasteiger partial charge in [-0.15, -0.1) is 13.2 Å². The minimum Gasteiger partial charge on any atom is -0.492 e. The molecule has 33 heavy (non-hydrogen) atoms. The number of nitrogens with one attached hydrogen (secondary N) is 1. The third kappa shape index (κ3) is 4.46. The summed E-state index contributed by atoms with van der Waals surface area (Å²) < 4.78 is 46.7. The highest BCUT2D eigenvalue weighted by Crippen LogP contribution is 2.45. The van der Waals surface area contributed by atoms with Crippen LogP contribution in [0.5, 0.6) is 11.5 Å². The lowest BCUT2D eigenvalue weighted by atomic mass is 9.73. The number of pyridine rings is 1. The smallest absolute Gasteiger partial charge is 0.492 e. The number of halogens is 3. The first kappa shape index (κ1) is 22.1. The standard InChI is InChI=1S/C24H18F3N3O3/c1-23(21-15(14-28)4-3-12-29-21)11-13-32-20-18(5-2-6-19(20)23)22(31)30-16-7-9-17(10-8-16)33-24(25,26)27/h2-10,12H,11,13H2,1H3,(H,30,31)/t23-/m0/s1. The van der Waals surface area contributed by atoms with E-state index in [1.807, 2.05) is 13.0 Å². The maximum absolute atomic E-state index is 13.0. The van der Waals surface area contributed by atoms with Crippen LogP contribution in [0.15, 0.2) is 60.8 Å². The molecular weight excluding hydrogens is 435 g/mol. The maximum atomic E-state index is 13.0. The number of fused-ring (bicyclic) bond motifs is 1. The first-order valence-electron chi connectivity index (χ1n) is 10.0. The second-order valence-electron chi connectivity index (χ2n) is 7.65. The second kappa shape index (κ2) is 8.47. The summed E-state index contributed by atoms with van der Waals surface area (Å²) >= 11 is 0. The third-order valence-corrected chi connectivity index (χ3v) is 5.50. The van der Waals surface area contributed by atoms with Crippen molar-refractivity contribution >= 4 is 11.6 Å². The summed E-state index contributed by atoms with van der Waals surface area (Å²) in [6.45, 7) is 2.28. The van der Waals surface area contributed by atoms with Gasteiger partial charge >= 0.3 is 6.36 Å². The number of nitrogens with zero attached hydrogens (tertiary/aromatic N) is 2. The van der Waals surface area contributed by atoms with Crippen molar-refractivity contribution in [3.63, 3.8) is 0 Å². The molecule has 0 radical (unpaired) electrons. The number of para-hydroxylation sites is 1. The molecule has 1 aromatic heterocycles. The molecule has 3 aromatic rings. The first-order valence-corrected chi connectivity index (χ1v) is 10.0. The quantitative estimate of drug-likeness (QED) is 0.588. The lowest BCUT2D eigenvalue weighted by molar-refractivity contribution is -0.274. The molecular formula is C24H18F3N3O3. The van der Waals surface area contributed by atoms with Gasteiger partial charge in [-0.3, -0.25) is 9.78 Å². The van der Waals surface area contributed by atoms with E-state index in [2.05, 4.69) is 21.1 Å². The molecule has 168 valence electrons. The van der Waals surface area contributed by atoms with Crippen molar-refractivity contribution in [3.05, 3.63) is 83.2 Å². The summed E-state index contributed by atoms with van der Waals surface area (Å²) in [5.41, 5.74) is 1.70. The van der Waals surface area contributed by atoms with Crippen molar-refractivity contribution in [2.24, 2.45) is 0 Å². The summed E-state index contributed by atoms with van der Waals surface area (Å²) in [6.07, 6.45) is -2.60. The number of benzene rings is 2. The summed E-state index contributed by atoms with van der Waals surface area (Å²) in [5, 5.41) is 12.2. The molecule has 2 heterocycles. The molecule has 0 spiro atoms. The Kier molecular flexibility index (Phi) is 5.68. The zero-order valence-electron chi connectivity index (χ0n) is 17.4. The zero-order chi connectivity index (χ0) is 23.6. The van der Waals surface area contributed by atoms with Gasteiger partial charge in [0, 0.05) is 22.9 Å². The van der Waals surface area contributed by atoms with Crippen LogP contribution >= 0.6 is 0 Å². The average molecular weight is 453 g/mol. The molecule has 1 atom stereocenters. The molecule has 4 rings (SSSR count). The number of anilines is 1. The van der Waals surface area contributed by atoms with Gasteiger partial charge in [0.2, 0.25) is 0 Å². The average Bonchev–Trinajstić information content (AvgIpc) is 2.79. The highest BCUT2D eigenvalue weighted by atomic mass is 19.4. The van der Waals surface area contributed by atoms with Gasteiger partial charge in [0.25, 0.3) is 5.91 Å². The van der Waals surface area contributed by atoms with Gasteiger partial charge in [0.15, 0.2) is 0 Å². The molecule has 0 unspecified atom stereocenters. The number of nitriles is 1. The number of alkyl halides is 3. The molecule has 1 amide bonds. The summed E-state index contributed by atoms with van der Waals surface area (Å²) in [4.78, 5) is 17.4. The number of amides is 1. The van der Waals surface area contributed by atoms with Crippen LogP contribution in [0.25, 0.3) is 0 Å². The van der Waals surface area contributed by atoms with E-state index < -0.39 is 17.7 Å². The lowest BCUT2D eigenvalue weighted by Crippen LogP contribution is -2.34. The highest BCUT2D eigenvalue weighted by molar-refractivity contribution is 6.06. The monoisotopic (exact) mass is 453 g/mol. The van der Waals surface area contributed by atoms with Gasteiger partial charge in [-0.1, -0.05) is 12.1 Å². The van der Waals surface area contributed by atoms with Crippen molar-refractivity contribution in [2.45, 2.75) is 25.1 Å². The van der Waals surface area contributed by atoms with Crippen LogP contribution in [-0.2, 0) is 5.41 Å². The summed E-state index contributed by atoms with van der Waals surface area (Å²) in [5.74, 6) is -0.488. The van der Waals surface area contributed by atoms with Gasteiger partial charge in [0.05, 0.1) is 23.4 Å². The maximum Gasteiger partial charge on any atom is 0.573 e. The van der Waals surface area contributed by atoms with Crippen LogP contribution in [-0.4, -0.2) is 23.9 Å². The Morgan fingerprint density at radius 3 is 2.64 bits per heavy atom. The van der Waals surface area contributed by atoms with Gasteiger partial charge in [-0.05, 0) is 55.8 Å². The van der Waals surface area contributed by atoms with Crippen LogP contribution in [0, 0.1) is 11.3 Å². The minimum absolute atomic E-state index is 0.267. The number of carbonyl (C=O) groups is 1. The Bertz CT molecular complexity index is 1240. The van der Waals surface area contributed by atoms with E-state index in [0.717, 1.165) is 17.7 Å². The number of carbonyl (C=O) groups excluding carboxylic acids is 1. The Hall–Kier alpha value is -4.06. The fourth-order valence-electron chi connectivity index (χ4n) is 3.92. The van der Waals surface area contributed by atoms with Gasteiger partial charge in [-0.2, -0.15) is 5.26 Å². The van der Waals surface area contributed by atoms with Gasteiger partial charge < -0.3 is 14.8 Å². The SMILES string of the molecule is C[C@]1(c2ncccc2C#N)CCOc2c(C(=O)Nc3ccc(OC(F)(F)F)cc3)cccc21. The van der Waals surface area contributed by atoms with Crippen molar-refractivity contribution in [1.82, 2.24) is 4.98 Å². The summed E-state index contributed by atoms with van der Waals surface area (Å²) in [6, 6.07) is 15.6. The Morgan fingerprint density at radius 2 is 1.94 bits per heavy atom. The molecule has 0 aliphatic carbocycles. The number of hydrogen-bond donors (Lipinski definition) is 1. The van der Waals surface area contributed by atoms with Crippen LogP contribution in [0.2, 0.25) is 0 Å². The predicted octanol–water partition coefficient (Wildman–Crippen LogP) is 5.19. The van der Waals surface area contributed by atoms with E-state index in [-0.39, 0.29) is 11.3 Å². The van der Waals surface area contributed by atoms with E-state index in [9.17, 15) is 23.2 Å². The molecule has 0 bridgehead atoms. The van der Waals surface area contributed by atoms with E-state index in [0.29, 0.717) is 35.7 Å². The third-order valence-electron chi connectivity index (χ3n) is 5.50. The minimum atomic E-state index is -4.79. The Morgan fingerprint density at radius 1 is 1.18 bits per heavy atom.